The quantitative estimate of drug-likeness (QED) is 0.916. The van der Waals surface area contributed by atoms with E-state index < -0.39 is 5.97 Å². The predicted octanol–water partition coefficient (Wildman–Crippen LogP) is 3.91. The summed E-state index contributed by atoms with van der Waals surface area (Å²) in [6.07, 6.45) is 7.14. The van der Waals surface area contributed by atoms with Gasteiger partial charge in [-0.2, -0.15) is 0 Å². The highest BCUT2D eigenvalue weighted by Crippen LogP contribution is 2.43. The minimum absolute atomic E-state index is 0.206. The first kappa shape index (κ1) is 14.5. The third-order valence-electron chi connectivity index (χ3n) is 4.09. The first-order valence-electron chi connectivity index (χ1n) is 6.70. The number of hydrogen-bond acceptors (Lipinski definition) is 2. The van der Waals surface area contributed by atoms with Gasteiger partial charge in [0, 0.05) is 16.9 Å². The van der Waals surface area contributed by atoms with E-state index >= 15 is 0 Å². The van der Waals surface area contributed by atoms with Crippen molar-refractivity contribution < 1.29 is 9.90 Å². The highest BCUT2D eigenvalue weighted by molar-refractivity contribution is 9.10. The fraction of sp³-hybridized carbons (Fsp3) is 0.600. The fourth-order valence-corrected chi connectivity index (χ4v) is 3.56. The maximum atomic E-state index is 11.4. The van der Waals surface area contributed by atoms with Crippen molar-refractivity contribution >= 4 is 21.9 Å². The molecule has 3 nitrogen and oxygen atoms in total. The van der Waals surface area contributed by atoms with Crippen molar-refractivity contribution in [1.29, 1.82) is 0 Å². The summed E-state index contributed by atoms with van der Waals surface area (Å²) in [5.41, 5.74) is 1.36. The van der Waals surface area contributed by atoms with Gasteiger partial charge in [0.05, 0.1) is 5.92 Å². The highest BCUT2D eigenvalue weighted by atomic mass is 79.9. The van der Waals surface area contributed by atoms with Gasteiger partial charge in [0.25, 0.3) is 0 Å². The van der Waals surface area contributed by atoms with Crippen LogP contribution >= 0.6 is 15.9 Å². The maximum Gasteiger partial charge on any atom is 0.306 e. The zero-order chi connectivity index (χ0) is 14.0. The Labute approximate surface area is 122 Å². The molecule has 0 saturated heterocycles. The van der Waals surface area contributed by atoms with Crippen molar-refractivity contribution in [3.8, 4) is 0 Å². The van der Waals surface area contributed by atoms with Gasteiger partial charge in [0.2, 0.25) is 0 Å². The van der Waals surface area contributed by atoms with Crippen LogP contribution in [-0.4, -0.2) is 16.1 Å². The lowest BCUT2D eigenvalue weighted by atomic mass is 9.65. The van der Waals surface area contributed by atoms with Gasteiger partial charge in [0.1, 0.15) is 0 Å². The van der Waals surface area contributed by atoms with E-state index in [2.05, 4.69) is 34.8 Å². The van der Waals surface area contributed by atoms with Gasteiger partial charge in [0.15, 0.2) is 0 Å². The van der Waals surface area contributed by atoms with E-state index in [-0.39, 0.29) is 17.3 Å². The SMILES string of the molecule is CC1(C)CCC(C(=O)O)C(Cc2cncc(Br)c2)C1. The molecule has 19 heavy (non-hydrogen) atoms. The molecule has 0 radical (unpaired) electrons. The van der Waals surface area contributed by atoms with Crippen LogP contribution in [0.4, 0.5) is 0 Å². The molecule has 1 aliphatic rings. The van der Waals surface area contributed by atoms with Gasteiger partial charge in [-0.15, -0.1) is 0 Å². The summed E-state index contributed by atoms with van der Waals surface area (Å²) in [4.78, 5) is 15.6. The Morgan fingerprint density at radius 3 is 2.89 bits per heavy atom. The molecule has 0 aromatic carbocycles. The van der Waals surface area contributed by atoms with Crippen LogP contribution in [0.5, 0.6) is 0 Å². The van der Waals surface area contributed by atoms with Gasteiger partial charge in [-0.05, 0) is 64.6 Å². The molecule has 1 aromatic heterocycles. The van der Waals surface area contributed by atoms with Crippen LogP contribution < -0.4 is 0 Å². The third-order valence-corrected chi connectivity index (χ3v) is 4.53. The molecule has 2 atom stereocenters. The second-order valence-corrected chi connectivity index (χ2v) is 7.24. The Morgan fingerprint density at radius 2 is 2.26 bits per heavy atom. The molecule has 104 valence electrons. The molecular formula is C15H20BrNO2. The normalized spacial score (nSPS) is 26.1. The number of aliphatic carboxylic acids is 1. The summed E-state index contributed by atoms with van der Waals surface area (Å²) in [5, 5.41) is 9.39. The fourth-order valence-electron chi connectivity index (χ4n) is 3.15. The molecule has 4 heteroatoms. The lowest BCUT2D eigenvalue weighted by molar-refractivity contribution is -0.146. The molecule has 1 N–H and O–H groups in total. The first-order valence-corrected chi connectivity index (χ1v) is 7.49. The number of carboxylic acids is 1. The highest BCUT2D eigenvalue weighted by Gasteiger charge is 2.38. The summed E-state index contributed by atoms with van der Waals surface area (Å²) < 4.78 is 0.951. The van der Waals surface area contributed by atoms with E-state index in [0.717, 1.165) is 35.7 Å². The molecule has 1 aromatic rings. The van der Waals surface area contributed by atoms with E-state index in [9.17, 15) is 9.90 Å². The van der Waals surface area contributed by atoms with E-state index in [1.54, 1.807) is 6.20 Å². The largest absolute Gasteiger partial charge is 0.481 e. The van der Waals surface area contributed by atoms with E-state index in [1.165, 1.54) is 0 Å². The number of carboxylic acid groups (broad SMARTS) is 1. The van der Waals surface area contributed by atoms with Gasteiger partial charge in [-0.25, -0.2) is 0 Å². The van der Waals surface area contributed by atoms with Crippen LogP contribution in [0.1, 0.15) is 38.7 Å². The topological polar surface area (TPSA) is 50.2 Å². The molecular weight excluding hydrogens is 306 g/mol. The molecule has 2 unspecified atom stereocenters. The van der Waals surface area contributed by atoms with Crippen molar-refractivity contribution in [2.75, 3.05) is 0 Å². The Kier molecular flexibility index (Phi) is 4.29. The lowest BCUT2D eigenvalue weighted by Gasteiger charge is -2.39. The van der Waals surface area contributed by atoms with E-state index in [1.807, 2.05) is 12.3 Å². The zero-order valence-corrected chi connectivity index (χ0v) is 13.0. The lowest BCUT2D eigenvalue weighted by Crippen LogP contribution is -2.35. The number of hydrogen-bond donors (Lipinski definition) is 1. The number of rotatable bonds is 3. The molecule has 1 fully saturated rings. The molecule has 1 saturated carbocycles. The van der Waals surface area contributed by atoms with Crippen molar-refractivity contribution in [1.82, 2.24) is 4.98 Å². The third kappa shape index (κ3) is 3.78. The van der Waals surface area contributed by atoms with Crippen molar-refractivity contribution in [2.24, 2.45) is 17.3 Å². The van der Waals surface area contributed by atoms with Gasteiger partial charge in [-0.3, -0.25) is 9.78 Å². The van der Waals surface area contributed by atoms with Crippen molar-refractivity contribution in [2.45, 2.75) is 39.5 Å². The van der Waals surface area contributed by atoms with Crippen molar-refractivity contribution in [3.05, 3.63) is 28.5 Å². The minimum atomic E-state index is -0.650. The van der Waals surface area contributed by atoms with Crippen LogP contribution in [0.15, 0.2) is 22.9 Å². The molecule has 0 aliphatic heterocycles. The summed E-state index contributed by atoms with van der Waals surface area (Å²) in [7, 11) is 0. The number of carbonyl (C=O) groups is 1. The van der Waals surface area contributed by atoms with Crippen LogP contribution in [0, 0.1) is 17.3 Å². The van der Waals surface area contributed by atoms with Crippen LogP contribution in [0.2, 0.25) is 0 Å². The van der Waals surface area contributed by atoms with Gasteiger partial charge >= 0.3 is 5.97 Å². The van der Waals surface area contributed by atoms with Crippen LogP contribution in [0.25, 0.3) is 0 Å². The molecule has 1 heterocycles. The number of pyridine rings is 1. The minimum Gasteiger partial charge on any atom is -0.481 e. The number of nitrogens with zero attached hydrogens (tertiary/aromatic N) is 1. The zero-order valence-electron chi connectivity index (χ0n) is 11.4. The Bertz CT molecular complexity index is 473. The predicted molar refractivity (Wildman–Crippen MR) is 77.9 cm³/mol. The van der Waals surface area contributed by atoms with Crippen LogP contribution in [-0.2, 0) is 11.2 Å². The maximum absolute atomic E-state index is 11.4. The average molecular weight is 326 g/mol. The molecule has 0 amide bonds. The Hall–Kier alpha value is -0.900. The average Bonchev–Trinajstić information content (AvgIpc) is 2.27. The molecule has 0 spiro atoms. The summed E-state index contributed by atoms with van der Waals surface area (Å²) in [5.74, 6) is -0.659. The van der Waals surface area contributed by atoms with Gasteiger partial charge < -0.3 is 5.11 Å². The second kappa shape index (κ2) is 5.61. The van der Waals surface area contributed by atoms with E-state index in [4.69, 9.17) is 0 Å². The first-order chi connectivity index (χ1) is 8.87. The van der Waals surface area contributed by atoms with E-state index in [0.29, 0.717) is 0 Å². The van der Waals surface area contributed by atoms with Gasteiger partial charge in [-0.1, -0.05) is 13.8 Å². The summed E-state index contributed by atoms with van der Waals surface area (Å²) >= 11 is 3.41. The van der Waals surface area contributed by atoms with Crippen LogP contribution in [0.3, 0.4) is 0 Å². The number of aromatic nitrogens is 1. The Balaban J connectivity index is 2.16. The molecule has 0 bridgehead atoms. The van der Waals surface area contributed by atoms with Crippen molar-refractivity contribution in [3.63, 3.8) is 0 Å². The number of halogens is 1. The summed E-state index contributed by atoms with van der Waals surface area (Å²) in [6.45, 7) is 4.47. The Morgan fingerprint density at radius 1 is 1.53 bits per heavy atom. The molecule has 1 aliphatic carbocycles. The second-order valence-electron chi connectivity index (χ2n) is 6.33. The monoisotopic (exact) mass is 325 g/mol. The standard InChI is InChI=1S/C15H20BrNO2/c1-15(2)4-3-13(14(18)19)11(7-15)5-10-6-12(16)9-17-8-10/h6,8-9,11,13H,3-5,7H2,1-2H3,(H,18,19). The molecule has 2 rings (SSSR count). The summed E-state index contributed by atoms with van der Waals surface area (Å²) in [6, 6.07) is 2.04. The smallest absolute Gasteiger partial charge is 0.306 e.